The summed E-state index contributed by atoms with van der Waals surface area (Å²) in [6, 6.07) is 7.99. The predicted molar refractivity (Wildman–Crippen MR) is 96.3 cm³/mol. The summed E-state index contributed by atoms with van der Waals surface area (Å²) >= 11 is 0. The molecule has 2 N–H and O–H groups in total. The Morgan fingerprint density at radius 2 is 1.92 bits per heavy atom. The molecular formula is C19H26N4O. The van der Waals surface area contributed by atoms with Gasteiger partial charge in [-0.05, 0) is 51.3 Å². The Hall–Kier alpha value is -2.14. The minimum Gasteiger partial charge on any atom is -0.508 e. The summed E-state index contributed by atoms with van der Waals surface area (Å²) in [7, 11) is 0. The van der Waals surface area contributed by atoms with Crippen molar-refractivity contribution in [3.05, 3.63) is 46.9 Å². The first-order valence-corrected chi connectivity index (χ1v) is 8.60. The van der Waals surface area contributed by atoms with Crippen LogP contribution in [0.2, 0.25) is 0 Å². The molecule has 1 aromatic heterocycles. The number of piperidine rings is 1. The SMILES string of the molecule is Cc1nc(C)c(C)c(NC2CCN(Cc3cccc(O)c3)CC2)n1. The van der Waals surface area contributed by atoms with Gasteiger partial charge >= 0.3 is 0 Å². The average molecular weight is 326 g/mol. The molecular weight excluding hydrogens is 300 g/mol. The Balaban J connectivity index is 1.56. The van der Waals surface area contributed by atoms with Crippen LogP contribution in [0, 0.1) is 20.8 Å². The summed E-state index contributed by atoms with van der Waals surface area (Å²) < 4.78 is 0. The number of nitrogens with one attached hydrogen (secondary N) is 1. The fourth-order valence-electron chi connectivity index (χ4n) is 3.25. The largest absolute Gasteiger partial charge is 0.508 e. The van der Waals surface area contributed by atoms with Crippen LogP contribution in [0.1, 0.15) is 35.5 Å². The van der Waals surface area contributed by atoms with E-state index in [1.165, 1.54) is 5.56 Å². The molecule has 0 atom stereocenters. The van der Waals surface area contributed by atoms with Crippen LogP contribution in [0.4, 0.5) is 5.82 Å². The number of nitrogens with zero attached hydrogens (tertiary/aromatic N) is 3. The number of aryl methyl sites for hydroxylation is 2. The standard InChI is InChI=1S/C19H26N4O/c1-13-14(2)20-15(3)21-19(13)22-17-7-9-23(10-8-17)12-16-5-4-6-18(24)11-16/h4-6,11,17,24H,7-10,12H2,1-3H3,(H,20,21,22). The summed E-state index contributed by atoms with van der Waals surface area (Å²) in [6.07, 6.45) is 2.20. The van der Waals surface area contributed by atoms with Crippen molar-refractivity contribution in [2.24, 2.45) is 0 Å². The van der Waals surface area contributed by atoms with Crippen LogP contribution in [-0.2, 0) is 6.54 Å². The van der Waals surface area contributed by atoms with Crippen molar-refractivity contribution in [1.29, 1.82) is 0 Å². The lowest BCUT2D eigenvalue weighted by Gasteiger charge is -2.33. The first-order valence-electron chi connectivity index (χ1n) is 8.60. The summed E-state index contributed by atoms with van der Waals surface area (Å²) in [5.74, 6) is 2.14. The third-order valence-corrected chi connectivity index (χ3v) is 4.75. The van der Waals surface area contributed by atoms with Gasteiger partial charge in [-0.15, -0.1) is 0 Å². The third-order valence-electron chi connectivity index (χ3n) is 4.75. The minimum atomic E-state index is 0.342. The number of benzene rings is 1. The number of hydrogen-bond acceptors (Lipinski definition) is 5. The van der Waals surface area contributed by atoms with Crippen LogP contribution < -0.4 is 5.32 Å². The van der Waals surface area contributed by atoms with Gasteiger partial charge in [0.15, 0.2) is 0 Å². The normalized spacial score (nSPS) is 16.3. The van der Waals surface area contributed by atoms with Gasteiger partial charge < -0.3 is 10.4 Å². The molecule has 1 fully saturated rings. The highest BCUT2D eigenvalue weighted by Gasteiger charge is 2.20. The molecule has 0 spiro atoms. The van der Waals surface area contributed by atoms with Gasteiger partial charge in [-0.25, -0.2) is 9.97 Å². The number of phenols is 1. The molecule has 2 heterocycles. The Kier molecular flexibility index (Phi) is 5.00. The molecule has 128 valence electrons. The number of phenolic OH excluding ortho intramolecular Hbond substituents is 1. The highest BCUT2D eigenvalue weighted by molar-refractivity contribution is 5.46. The van der Waals surface area contributed by atoms with Crippen LogP contribution in [0.25, 0.3) is 0 Å². The fraction of sp³-hybridized carbons (Fsp3) is 0.474. The number of rotatable bonds is 4. The number of aromatic nitrogens is 2. The Morgan fingerprint density at radius 1 is 1.17 bits per heavy atom. The van der Waals surface area contributed by atoms with Gasteiger partial charge in [-0.1, -0.05) is 12.1 Å². The molecule has 2 aromatic rings. The quantitative estimate of drug-likeness (QED) is 0.903. The zero-order chi connectivity index (χ0) is 17.1. The summed E-state index contributed by atoms with van der Waals surface area (Å²) in [5, 5.41) is 13.2. The van der Waals surface area contributed by atoms with Gasteiger partial charge in [0.05, 0.1) is 0 Å². The minimum absolute atomic E-state index is 0.342. The van der Waals surface area contributed by atoms with Gasteiger partial charge in [-0.2, -0.15) is 0 Å². The maximum atomic E-state index is 9.58. The van der Waals surface area contributed by atoms with Gasteiger partial charge in [0.1, 0.15) is 17.4 Å². The van der Waals surface area contributed by atoms with Crippen molar-refractivity contribution in [3.63, 3.8) is 0 Å². The topological polar surface area (TPSA) is 61.3 Å². The van der Waals surface area contributed by atoms with E-state index in [-0.39, 0.29) is 0 Å². The van der Waals surface area contributed by atoms with Crippen molar-refractivity contribution in [2.45, 2.75) is 46.2 Å². The summed E-state index contributed by atoms with van der Waals surface area (Å²) in [4.78, 5) is 11.4. The van der Waals surface area contributed by atoms with E-state index in [1.54, 1.807) is 6.07 Å². The lowest BCUT2D eigenvalue weighted by Crippen LogP contribution is -2.39. The van der Waals surface area contributed by atoms with Crippen molar-refractivity contribution in [2.75, 3.05) is 18.4 Å². The average Bonchev–Trinajstić information content (AvgIpc) is 2.54. The second-order valence-corrected chi connectivity index (χ2v) is 6.69. The molecule has 1 aliphatic heterocycles. The Bertz CT molecular complexity index is 709. The van der Waals surface area contributed by atoms with Crippen LogP contribution in [0.3, 0.4) is 0 Å². The summed E-state index contributed by atoms with van der Waals surface area (Å²) in [6.45, 7) is 9.05. The number of hydrogen-bond donors (Lipinski definition) is 2. The molecule has 3 rings (SSSR count). The van der Waals surface area contributed by atoms with E-state index in [0.717, 1.165) is 55.4 Å². The Labute approximate surface area is 143 Å². The van der Waals surface area contributed by atoms with E-state index in [2.05, 4.69) is 33.2 Å². The molecule has 0 bridgehead atoms. The zero-order valence-corrected chi connectivity index (χ0v) is 14.7. The number of aromatic hydroxyl groups is 1. The molecule has 1 aliphatic rings. The lowest BCUT2D eigenvalue weighted by molar-refractivity contribution is 0.211. The predicted octanol–water partition coefficient (Wildman–Crippen LogP) is 3.18. The smallest absolute Gasteiger partial charge is 0.133 e. The van der Waals surface area contributed by atoms with E-state index in [0.29, 0.717) is 11.8 Å². The van der Waals surface area contributed by atoms with Crippen molar-refractivity contribution < 1.29 is 5.11 Å². The van der Waals surface area contributed by atoms with Crippen LogP contribution in [0.5, 0.6) is 5.75 Å². The van der Waals surface area contributed by atoms with E-state index in [9.17, 15) is 5.11 Å². The van der Waals surface area contributed by atoms with E-state index < -0.39 is 0 Å². The highest BCUT2D eigenvalue weighted by Crippen LogP contribution is 2.21. The van der Waals surface area contributed by atoms with Gasteiger partial charge in [0, 0.05) is 36.9 Å². The molecule has 0 amide bonds. The first kappa shape index (κ1) is 16.7. The van der Waals surface area contributed by atoms with Crippen molar-refractivity contribution >= 4 is 5.82 Å². The van der Waals surface area contributed by atoms with Crippen LogP contribution >= 0.6 is 0 Å². The van der Waals surface area contributed by atoms with Crippen molar-refractivity contribution in [1.82, 2.24) is 14.9 Å². The second-order valence-electron chi connectivity index (χ2n) is 6.69. The van der Waals surface area contributed by atoms with Gasteiger partial charge in [0.25, 0.3) is 0 Å². The molecule has 0 aliphatic carbocycles. The molecule has 1 saturated heterocycles. The second kappa shape index (κ2) is 7.18. The maximum Gasteiger partial charge on any atom is 0.133 e. The lowest BCUT2D eigenvalue weighted by atomic mass is 10.0. The monoisotopic (exact) mass is 326 g/mol. The van der Waals surface area contributed by atoms with E-state index >= 15 is 0 Å². The van der Waals surface area contributed by atoms with Gasteiger partial charge in [0.2, 0.25) is 0 Å². The third kappa shape index (κ3) is 4.03. The van der Waals surface area contributed by atoms with Crippen LogP contribution in [-0.4, -0.2) is 39.1 Å². The number of anilines is 1. The maximum absolute atomic E-state index is 9.58. The fourth-order valence-corrected chi connectivity index (χ4v) is 3.25. The van der Waals surface area contributed by atoms with Crippen molar-refractivity contribution in [3.8, 4) is 5.75 Å². The van der Waals surface area contributed by atoms with E-state index in [4.69, 9.17) is 0 Å². The van der Waals surface area contributed by atoms with E-state index in [1.807, 2.05) is 26.0 Å². The molecule has 0 unspecified atom stereocenters. The Morgan fingerprint density at radius 3 is 2.62 bits per heavy atom. The van der Waals surface area contributed by atoms with Crippen LogP contribution in [0.15, 0.2) is 24.3 Å². The molecule has 0 saturated carbocycles. The number of likely N-dealkylation sites (tertiary alicyclic amines) is 1. The zero-order valence-electron chi connectivity index (χ0n) is 14.7. The molecule has 5 heteroatoms. The highest BCUT2D eigenvalue weighted by atomic mass is 16.3. The molecule has 5 nitrogen and oxygen atoms in total. The molecule has 24 heavy (non-hydrogen) atoms. The summed E-state index contributed by atoms with van der Waals surface area (Å²) in [5.41, 5.74) is 3.36. The van der Waals surface area contributed by atoms with Gasteiger partial charge in [-0.3, -0.25) is 4.90 Å². The molecule has 1 aromatic carbocycles. The molecule has 0 radical (unpaired) electrons. The first-order chi connectivity index (χ1) is 11.5.